The van der Waals surface area contributed by atoms with E-state index in [0.717, 1.165) is 18.1 Å². The lowest BCUT2D eigenvalue weighted by atomic mass is 10.1. The molecule has 0 bridgehead atoms. The van der Waals surface area contributed by atoms with Crippen LogP contribution in [0, 0.1) is 11.3 Å². The van der Waals surface area contributed by atoms with Gasteiger partial charge in [-0.1, -0.05) is 56.3 Å². The second kappa shape index (κ2) is 8.37. The van der Waals surface area contributed by atoms with Crippen LogP contribution in [0.1, 0.15) is 30.5 Å². The molecule has 0 aliphatic heterocycles. The number of carbonyl (C=O) groups is 1. The van der Waals surface area contributed by atoms with E-state index in [0.29, 0.717) is 0 Å². The van der Waals surface area contributed by atoms with Gasteiger partial charge in [0.2, 0.25) is 0 Å². The smallest absolute Gasteiger partial charge is 0.419 e. The zero-order valence-corrected chi connectivity index (χ0v) is 17.8. The zero-order valence-electron chi connectivity index (χ0n) is 17.8. The number of esters is 1. The summed E-state index contributed by atoms with van der Waals surface area (Å²) in [5.74, 6) is -1.39. The highest BCUT2D eigenvalue weighted by atomic mass is 19.4. The number of benzene rings is 2. The van der Waals surface area contributed by atoms with Gasteiger partial charge in [0.15, 0.2) is 6.73 Å². The molecule has 2 unspecified atom stereocenters. The number of carbonyl (C=O) groups excluding carboxylic acids is 1. The van der Waals surface area contributed by atoms with E-state index in [9.17, 15) is 18.0 Å². The average molecular weight is 443 g/mol. The molecule has 0 amide bonds. The lowest BCUT2D eigenvalue weighted by Gasteiger charge is -2.14. The third-order valence-corrected chi connectivity index (χ3v) is 5.85. The Morgan fingerprint density at radius 3 is 2.41 bits per heavy atom. The van der Waals surface area contributed by atoms with Crippen LogP contribution in [0.5, 0.6) is 5.75 Å². The summed E-state index contributed by atoms with van der Waals surface area (Å²) >= 11 is 0. The molecule has 7 heteroatoms. The first kappa shape index (κ1) is 22.0. The molecular formula is C25H24F3NO3. The van der Waals surface area contributed by atoms with E-state index in [1.54, 1.807) is 18.4 Å². The Bertz CT molecular complexity index is 1090. The van der Waals surface area contributed by atoms with E-state index in [1.807, 2.05) is 48.8 Å². The van der Waals surface area contributed by atoms with Gasteiger partial charge in [0.25, 0.3) is 0 Å². The minimum absolute atomic E-state index is 0.0338. The van der Waals surface area contributed by atoms with Crippen molar-refractivity contribution >= 4 is 5.97 Å². The number of para-hydroxylation sites is 1. The van der Waals surface area contributed by atoms with Crippen molar-refractivity contribution in [2.75, 3.05) is 0 Å². The van der Waals surface area contributed by atoms with Crippen molar-refractivity contribution in [3.8, 4) is 5.75 Å². The fourth-order valence-corrected chi connectivity index (χ4v) is 3.91. The number of alkyl halides is 3. The van der Waals surface area contributed by atoms with Crippen LogP contribution in [0.15, 0.2) is 73.1 Å². The van der Waals surface area contributed by atoms with Crippen LogP contribution in [-0.2, 0) is 28.9 Å². The van der Waals surface area contributed by atoms with Gasteiger partial charge in [0.1, 0.15) is 17.8 Å². The summed E-state index contributed by atoms with van der Waals surface area (Å²) in [6, 6.07) is 17.0. The van der Waals surface area contributed by atoms with E-state index in [4.69, 9.17) is 9.47 Å². The minimum atomic E-state index is -4.53. The van der Waals surface area contributed by atoms with Gasteiger partial charge in [-0.3, -0.25) is 4.79 Å². The molecule has 1 aliphatic carbocycles. The Balaban J connectivity index is 1.36. The summed E-state index contributed by atoms with van der Waals surface area (Å²) in [5.41, 5.74) is 0.795. The van der Waals surface area contributed by atoms with Gasteiger partial charge in [0.05, 0.1) is 5.56 Å². The number of hydrogen-bond acceptors (Lipinski definition) is 3. The first-order valence-corrected chi connectivity index (χ1v) is 10.3. The van der Waals surface area contributed by atoms with Crippen molar-refractivity contribution in [2.24, 2.45) is 11.3 Å². The van der Waals surface area contributed by atoms with Crippen molar-refractivity contribution < 1.29 is 27.4 Å². The maximum absolute atomic E-state index is 13.2. The lowest BCUT2D eigenvalue weighted by Crippen LogP contribution is -2.15. The summed E-state index contributed by atoms with van der Waals surface area (Å²) in [6.07, 6.45) is -0.705. The summed E-state index contributed by atoms with van der Waals surface area (Å²) in [7, 11) is 0. The predicted octanol–water partition coefficient (Wildman–Crippen LogP) is 5.70. The molecule has 0 saturated heterocycles. The molecule has 32 heavy (non-hydrogen) atoms. The van der Waals surface area contributed by atoms with Crippen molar-refractivity contribution in [3.63, 3.8) is 0 Å². The second-order valence-corrected chi connectivity index (χ2v) is 8.62. The topological polar surface area (TPSA) is 40.5 Å². The molecular weight excluding hydrogens is 419 g/mol. The Labute approximate surface area is 184 Å². The normalized spacial score (nSPS) is 19.4. The number of hydrogen-bond donors (Lipinski definition) is 0. The fourth-order valence-electron chi connectivity index (χ4n) is 3.91. The highest BCUT2D eigenvalue weighted by Crippen LogP contribution is 2.55. The molecule has 1 aromatic heterocycles. The van der Waals surface area contributed by atoms with Gasteiger partial charge in [-0.25, -0.2) is 0 Å². The summed E-state index contributed by atoms with van der Waals surface area (Å²) in [4.78, 5) is 12.6. The standard InChI is InChI=1S/C25H24F3NO3/c1-24(2)21(22(24)32-20-11-7-6-10-19(20)25(26,27)28)23(30)31-16-29-13-12-18(15-29)14-17-8-4-3-5-9-17/h3-13,15,21-22H,14,16H2,1-2H3. The van der Waals surface area contributed by atoms with Crippen molar-refractivity contribution in [1.82, 2.24) is 4.57 Å². The molecule has 2 atom stereocenters. The monoisotopic (exact) mass is 443 g/mol. The Kier molecular flexibility index (Phi) is 5.75. The van der Waals surface area contributed by atoms with Gasteiger partial charge in [-0.05, 0) is 35.7 Å². The molecule has 1 saturated carbocycles. The van der Waals surface area contributed by atoms with Gasteiger partial charge in [-0.2, -0.15) is 13.2 Å². The van der Waals surface area contributed by atoms with Gasteiger partial charge in [0, 0.05) is 17.8 Å². The second-order valence-electron chi connectivity index (χ2n) is 8.62. The van der Waals surface area contributed by atoms with Crippen LogP contribution in [0.2, 0.25) is 0 Å². The summed E-state index contributed by atoms with van der Waals surface area (Å²) < 4.78 is 52.6. The fraction of sp³-hybridized carbons (Fsp3) is 0.320. The molecule has 4 rings (SSSR count). The van der Waals surface area contributed by atoms with Crippen LogP contribution >= 0.6 is 0 Å². The highest BCUT2D eigenvalue weighted by Gasteiger charge is 2.65. The third-order valence-electron chi connectivity index (χ3n) is 5.85. The molecule has 3 aromatic rings. The van der Waals surface area contributed by atoms with E-state index >= 15 is 0 Å². The van der Waals surface area contributed by atoms with Crippen molar-refractivity contribution in [3.05, 3.63) is 89.7 Å². The third kappa shape index (κ3) is 4.66. The first-order valence-electron chi connectivity index (χ1n) is 10.3. The van der Waals surface area contributed by atoms with Crippen molar-refractivity contribution in [2.45, 2.75) is 39.3 Å². The average Bonchev–Trinajstić information content (AvgIpc) is 3.06. The van der Waals surface area contributed by atoms with Crippen LogP contribution in [-0.4, -0.2) is 16.6 Å². The quantitative estimate of drug-likeness (QED) is 0.440. The number of aromatic nitrogens is 1. The Morgan fingerprint density at radius 2 is 1.69 bits per heavy atom. The maximum atomic E-state index is 13.2. The van der Waals surface area contributed by atoms with Crippen LogP contribution < -0.4 is 4.74 Å². The molecule has 1 fully saturated rings. The molecule has 0 spiro atoms. The molecule has 168 valence electrons. The van der Waals surface area contributed by atoms with Gasteiger partial charge in [-0.15, -0.1) is 0 Å². The van der Waals surface area contributed by atoms with Crippen LogP contribution in [0.25, 0.3) is 0 Å². The van der Waals surface area contributed by atoms with E-state index < -0.39 is 35.1 Å². The van der Waals surface area contributed by atoms with Gasteiger partial charge >= 0.3 is 12.1 Å². The minimum Gasteiger partial charge on any atom is -0.488 e. The van der Waals surface area contributed by atoms with Crippen molar-refractivity contribution in [1.29, 1.82) is 0 Å². The Hall–Kier alpha value is -3.22. The maximum Gasteiger partial charge on any atom is 0.419 e. The zero-order chi connectivity index (χ0) is 22.9. The summed E-state index contributed by atoms with van der Waals surface area (Å²) in [6.45, 7) is 3.60. The van der Waals surface area contributed by atoms with E-state index in [1.165, 1.54) is 23.8 Å². The van der Waals surface area contributed by atoms with Crippen LogP contribution in [0.3, 0.4) is 0 Å². The predicted molar refractivity (Wildman–Crippen MR) is 113 cm³/mol. The first-order chi connectivity index (χ1) is 15.2. The lowest BCUT2D eigenvalue weighted by molar-refractivity contribution is -0.150. The number of rotatable bonds is 7. The molecule has 1 heterocycles. The Morgan fingerprint density at radius 1 is 1.00 bits per heavy atom. The SMILES string of the molecule is CC1(C)C(Oc2ccccc2C(F)(F)F)C1C(=O)OCn1ccc(Cc2ccccc2)c1. The van der Waals surface area contributed by atoms with E-state index in [-0.39, 0.29) is 12.5 Å². The largest absolute Gasteiger partial charge is 0.488 e. The van der Waals surface area contributed by atoms with E-state index in [2.05, 4.69) is 0 Å². The molecule has 0 N–H and O–H groups in total. The van der Waals surface area contributed by atoms with Gasteiger partial charge < -0.3 is 14.0 Å². The number of ether oxygens (including phenoxy) is 2. The molecule has 0 radical (unpaired) electrons. The number of nitrogens with zero attached hydrogens (tertiary/aromatic N) is 1. The number of halogens is 3. The van der Waals surface area contributed by atoms with Crippen LogP contribution in [0.4, 0.5) is 13.2 Å². The molecule has 1 aliphatic rings. The highest BCUT2D eigenvalue weighted by molar-refractivity contribution is 5.78. The molecule has 4 nitrogen and oxygen atoms in total. The molecule has 2 aromatic carbocycles. The summed E-state index contributed by atoms with van der Waals surface area (Å²) in [5, 5.41) is 0.